The van der Waals surface area contributed by atoms with Crippen molar-refractivity contribution in [3.05, 3.63) is 60.8 Å². The van der Waals surface area contributed by atoms with Gasteiger partial charge in [0.1, 0.15) is 19.6 Å². The lowest BCUT2D eigenvalue weighted by molar-refractivity contribution is 0.555. The molecule has 0 N–H and O–H groups in total. The average molecular weight is 353 g/mol. The third-order valence-electron chi connectivity index (χ3n) is 5.27. The number of para-hydroxylation sites is 2. The first kappa shape index (κ1) is 16.2. The summed E-state index contributed by atoms with van der Waals surface area (Å²) in [6.07, 6.45) is 1.82. The van der Waals surface area contributed by atoms with E-state index >= 15 is 0 Å². The number of rotatable bonds is 2. The number of fused-ring (bicyclic) bond motifs is 4. The fourth-order valence-corrected chi connectivity index (χ4v) is 4.26. The van der Waals surface area contributed by atoms with Crippen LogP contribution in [-0.2, 0) is 0 Å². The van der Waals surface area contributed by atoms with Crippen molar-refractivity contribution in [2.24, 2.45) is 0 Å². The molecule has 1 aliphatic heterocycles. The predicted octanol–water partition coefficient (Wildman–Crippen LogP) is 5.19. The van der Waals surface area contributed by atoms with E-state index in [4.69, 9.17) is 12.3 Å². The predicted molar refractivity (Wildman–Crippen MR) is 112 cm³/mol. The van der Waals surface area contributed by atoms with E-state index in [1.807, 2.05) is 44.3 Å². The van der Waals surface area contributed by atoms with Crippen LogP contribution in [0, 0.1) is 0 Å². The largest absolute Gasteiger partial charge is 0.454 e. The second kappa shape index (κ2) is 5.52. The summed E-state index contributed by atoms with van der Waals surface area (Å²) in [7, 11) is 6.50. The van der Waals surface area contributed by atoms with Gasteiger partial charge in [-0.3, -0.25) is 0 Å². The summed E-state index contributed by atoms with van der Waals surface area (Å²) in [6.45, 7) is 6.16. The molecule has 2 radical (unpaired) electrons. The molecule has 132 valence electrons. The van der Waals surface area contributed by atoms with Gasteiger partial charge < -0.3 is 14.2 Å². The van der Waals surface area contributed by atoms with Gasteiger partial charge in [-0.1, -0.05) is 44.2 Å². The number of hydrogen-bond donors (Lipinski definition) is 0. The molecule has 27 heavy (non-hydrogen) atoms. The lowest BCUT2D eigenvalue weighted by Gasteiger charge is -2.39. The normalized spacial score (nSPS) is 17.1. The zero-order valence-electron chi connectivity index (χ0n) is 15.7. The van der Waals surface area contributed by atoms with Crippen LogP contribution in [-0.4, -0.2) is 24.4 Å². The molecule has 3 heterocycles. The van der Waals surface area contributed by atoms with Crippen LogP contribution in [0.5, 0.6) is 0 Å². The maximum atomic E-state index is 6.50. The Morgan fingerprint density at radius 3 is 2.52 bits per heavy atom. The summed E-state index contributed by atoms with van der Waals surface area (Å²) in [6, 6.07) is 18.5. The summed E-state index contributed by atoms with van der Waals surface area (Å²) in [5, 5.41) is 2.25. The lowest BCUT2D eigenvalue weighted by Crippen LogP contribution is -2.51. The Kier molecular flexibility index (Phi) is 3.32. The quantitative estimate of drug-likeness (QED) is 0.464. The van der Waals surface area contributed by atoms with E-state index in [-0.39, 0.29) is 6.17 Å². The van der Waals surface area contributed by atoms with E-state index in [1.54, 1.807) is 0 Å². The van der Waals surface area contributed by atoms with Crippen molar-refractivity contribution in [1.29, 1.82) is 0 Å². The van der Waals surface area contributed by atoms with Gasteiger partial charge in [0, 0.05) is 17.0 Å². The van der Waals surface area contributed by atoms with Gasteiger partial charge in [-0.15, -0.1) is 0 Å². The molecule has 0 amide bonds. The van der Waals surface area contributed by atoms with Crippen LogP contribution in [0.25, 0.3) is 21.9 Å². The molecule has 0 saturated heterocycles. The van der Waals surface area contributed by atoms with Crippen molar-refractivity contribution in [2.75, 3.05) is 9.80 Å². The molecule has 0 unspecified atom stereocenters. The van der Waals surface area contributed by atoms with Crippen LogP contribution in [0.3, 0.4) is 0 Å². The molecule has 0 bridgehead atoms. The number of pyridine rings is 1. The number of hydrogen-bond acceptors (Lipinski definition) is 4. The molecule has 0 aliphatic carbocycles. The Hall–Kier alpha value is -2.95. The number of furan rings is 1. The first-order valence-electron chi connectivity index (χ1n) is 9.19. The van der Waals surface area contributed by atoms with Gasteiger partial charge in [-0.25, -0.2) is 4.98 Å². The molecule has 4 nitrogen and oxygen atoms in total. The van der Waals surface area contributed by atoms with E-state index in [0.29, 0.717) is 0 Å². The second-order valence-electron chi connectivity index (χ2n) is 7.62. The molecular formula is C22H20BN3O. The maximum absolute atomic E-state index is 6.50. The lowest BCUT2D eigenvalue weighted by atomic mass is 9.80. The van der Waals surface area contributed by atoms with Gasteiger partial charge in [0.05, 0.1) is 11.4 Å². The molecule has 1 atom stereocenters. The van der Waals surface area contributed by atoms with E-state index in [0.717, 1.165) is 39.1 Å². The van der Waals surface area contributed by atoms with E-state index < -0.39 is 5.44 Å². The van der Waals surface area contributed by atoms with Gasteiger partial charge in [0.25, 0.3) is 0 Å². The third-order valence-corrected chi connectivity index (χ3v) is 5.27. The molecule has 0 fully saturated rings. The molecule has 2 aromatic carbocycles. The zero-order chi connectivity index (χ0) is 18.8. The van der Waals surface area contributed by atoms with Crippen molar-refractivity contribution in [3.8, 4) is 0 Å². The number of benzene rings is 2. The van der Waals surface area contributed by atoms with Crippen LogP contribution in [0.1, 0.15) is 20.8 Å². The molecule has 1 aliphatic rings. The Balaban J connectivity index is 1.78. The van der Waals surface area contributed by atoms with Crippen LogP contribution >= 0.6 is 0 Å². The van der Waals surface area contributed by atoms with Crippen LogP contribution in [0.4, 0.5) is 17.2 Å². The first-order chi connectivity index (χ1) is 13.0. The minimum Gasteiger partial charge on any atom is -0.454 e. The fourth-order valence-electron chi connectivity index (χ4n) is 4.26. The van der Waals surface area contributed by atoms with Gasteiger partial charge in [-0.05, 0) is 36.6 Å². The number of anilines is 3. The average Bonchev–Trinajstić information content (AvgIpc) is 3.16. The monoisotopic (exact) mass is 353 g/mol. The number of nitrogens with zero attached hydrogens (tertiary/aromatic N) is 3. The number of aromatic nitrogens is 1. The molecule has 0 saturated carbocycles. The minimum absolute atomic E-state index is 0.00807. The van der Waals surface area contributed by atoms with Gasteiger partial charge in [-0.2, -0.15) is 0 Å². The summed E-state index contributed by atoms with van der Waals surface area (Å²) in [5.74, 6) is 0.894. The van der Waals surface area contributed by atoms with Crippen LogP contribution < -0.4 is 9.80 Å². The highest BCUT2D eigenvalue weighted by atomic mass is 16.3. The highest BCUT2D eigenvalue weighted by Gasteiger charge is 2.41. The van der Waals surface area contributed by atoms with Crippen molar-refractivity contribution in [3.63, 3.8) is 0 Å². The zero-order valence-corrected chi connectivity index (χ0v) is 15.7. The van der Waals surface area contributed by atoms with Crippen LogP contribution in [0.15, 0.2) is 65.2 Å². The SMILES string of the molecule is [B]C(C)(C)N1c2ncccc2N(c2cccc3c2oc2ccccc23)[C@H]1C. The summed E-state index contributed by atoms with van der Waals surface area (Å²) in [4.78, 5) is 9.05. The molecular weight excluding hydrogens is 333 g/mol. The van der Waals surface area contributed by atoms with Gasteiger partial charge in [0.15, 0.2) is 11.4 Å². The van der Waals surface area contributed by atoms with Gasteiger partial charge >= 0.3 is 0 Å². The fraction of sp³-hybridized carbons (Fsp3) is 0.227. The molecule has 2 aromatic heterocycles. The highest BCUT2D eigenvalue weighted by Crippen LogP contribution is 2.47. The molecule has 4 aromatic rings. The summed E-state index contributed by atoms with van der Waals surface area (Å²) in [5.41, 5.74) is 3.30. The Bertz CT molecular complexity index is 1160. The Morgan fingerprint density at radius 2 is 1.70 bits per heavy atom. The maximum Gasteiger partial charge on any atom is 0.159 e. The molecule has 5 rings (SSSR count). The standard InChI is InChI=1S/C22H20BN3O/c1-14-25(18-11-7-13-24-21(18)26(14)22(2,3)23)17-10-6-9-16-15-8-4-5-12-19(15)27-20(16)17/h4-14H,1-3H3/t14-/m1/s1. The van der Waals surface area contributed by atoms with E-state index in [1.165, 1.54) is 0 Å². The highest BCUT2D eigenvalue weighted by molar-refractivity contribution is 6.17. The topological polar surface area (TPSA) is 32.5 Å². The molecule has 5 heteroatoms. The van der Waals surface area contributed by atoms with Crippen molar-refractivity contribution in [2.45, 2.75) is 32.4 Å². The van der Waals surface area contributed by atoms with Crippen molar-refractivity contribution >= 4 is 47.0 Å². The Labute approximate surface area is 159 Å². The first-order valence-corrected chi connectivity index (χ1v) is 9.19. The van der Waals surface area contributed by atoms with Crippen LogP contribution in [0.2, 0.25) is 0 Å². The van der Waals surface area contributed by atoms with E-state index in [9.17, 15) is 0 Å². The van der Waals surface area contributed by atoms with Gasteiger partial charge in [0.2, 0.25) is 0 Å². The van der Waals surface area contributed by atoms with Crippen molar-refractivity contribution < 1.29 is 4.42 Å². The van der Waals surface area contributed by atoms with Crippen molar-refractivity contribution in [1.82, 2.24) is 4.98 Å². The Morgan fingerprint density at radius 1 is 0.963 bits per heavy atom. The smallest absolute Gasteiger partial charge is 0.159 e. The molecule has 0 spiro atoms. The minimum atomic E-state index is -0.543. The van der Waals surface area contributed by atoms with E-state index in [2.05, 4.69) is 52.0 Å². The third kappa shape index (κ3) is 2.27. The second-order valence-corrected chi connectivity index (χ2v) is 7.62. The summed E-state index contributed by atoms with van der Waals surface area (Å²) < 4.78 is 6.27. The summed E-state index contributed by atoms with van der Waals surface area (Å²) >= 11 is 0.